The minimum Gasteiger partial charge on any atom is -0.454 e. The summed E-state index contributed by atoms with van der Waals surface area (Å²) in [6.45, 7) is 5.66. The van der Waals surface area contributed by atoms with Crippen molar-refractivity contribution in [3.05, 3.63) is 122 Å². The number of ether oxygens (including phenoxy) is 3. The number of aliphatic hydroxyl groups excluding tert-OH is 5. The lowest BCUT2D eigenvalue weighted by Gasteiger charge is -2.41. The first-order valence-corrected chi connectivity index (χ1v) is 36.3. The number of unbranched alkanes of at least 4 members (excludes halogenated alkanes) is 29. The molecule has 1 fully saturated rings. The number of aliphatic hydroxyl groups is 5. The van der Waals surface area contributed by atoms with E-state index < -0.39 is 67.4 Å². The van der Waals surface area contributed by atoms with Crippen LogP contribution in [0.5, 0.6) is 0 Å². The van der Waals surface area contributed by atoms with E-state index in [-0.39, 0.29) is 19.4 Å². The zero-order chi connectivity index (χ0) is 64.6. The third-order valence-corrected chi connectivity index (χ3v) is 16.3. The number of esters is 1. The largest absolute Gasteiger partial charge is 0.454 e. The Bertz CT molecular complexity index is 1920. The quantitative estimate of drug-likeness (QED) is 0.0195. The summed E-state index contributed by atoms with van der Waals surface area (Å²) in [4.78, 5) is 26.7. The van der Waals surface area contributed by atoms with E-state index in [0.29, 0.717) is 12.8 Å². The second kappa shape index (κ2) is 64.2. The summed E-state index contributed by atoms with van der Waals surface area (Å²) in [6, 6.07) is -1.04. The smallest absolute Gasteiger partial charge is 0.306 e. The topological polar surface area (TPSA) is 175 Å². The number of hydrogen-bond acceptors (Lipinski definition) is 10. The molecule has 0 aromatic carbocycles. The highest BCUT2D eigenvalue weighted by Gasteiger charge is 2.47. The SMILES string of the molecule is CC/C=C\C/C=C\C/C=C\C/C=C\C/C=C\C/C=C\CCCCCCC(=O)OC1C(OCC(NC(=O)C(O)CCCCCCCCCCCCC/C=C\C/C=C\C/C=C\CCCCC)C(O)/C=C/CCCCCCCCCCCCC)OC(CO)C(O)C1O. The van der Waals surface area contributed by atoms with E-state index >= 15 is 0 Å². The van der Waals surface area contributed by atoms with Crippen LogP contribution in [0, 0.1) is 0 Å². The number of carbonyl (C=O) groups is 2. The molecule has 1 aliphatic rings. The number of carbonyl (C=O) groups excluding carboxylic acids is 2. The van der Waals surface area contributed by atoms with E-state index in [1.165, 1.54) is 128 Å². The Balaban J connectivity index is 2.61. The molecule has 1 heterocycles. The lowest BCUT2D eigenvalue weighted by Crippen LogP contribution is -2.61. The third kappa shape index (κ3) is 51.3. The molecule has 0 spiro atoms. The summed E-state index contributed by atoms with van der Waals surface area (Å²) in [5.41, 5.74) is 0. The average Bonchev–Trinajstić information content (AvgIpc) is 3.20. The van der Waals surface area contributed by atoms with Gasteiger partial charge in [-0.05, 0) is 116 Å². The van der Waals surface area contributed by atoms with E-state index in [2.05, 4.69) is 135 Å². The van der Waals surface area contributed by atoms with Gasteiger partial charge in [0, 0.05) is 6.42 Å². The van der Waals surface area contributed by atoms with Crippen LogP contribution < -0.4 is 5.32 Å². The van der Waals surface area contributed by atoms with Crippen LogP contribution in [0.3, 0.4) is 0 Å². The van der Waals surface area contributed by atoms with Crippen LogP contribution in [0.15, 0.2) is 122 Å². The maximum atomic E-state index is 13.5. The van der Waals surface area contributed by atoms with Gasteiger partial charge in [-0.1, -0.05) is 296 Å². The third-order valence-electron chi connectivity index (χ3n) is 16.3. The first kappa shape index (κ1) is 83.1. The van der Waals surface area contributed by atoms with Gasteiger partial charge >= 0.3 is 5.97 Å². The normalized spacial score (nSPS) is 18.9. The second-order valence-corrected chi connectivity index (χ2v) is 24.6. The number of allylic oxidation sites excluding steroid dienone is 19. The van der Waals surface area contributed by atoms with Gasteiger partial charge in [-0.2, -0.15) is 0 Å². The fourth-order valence-corrected chi connectivity index (χ4v) is 10.7. The first-order chi connectivity index (χ1) is 43.7. The molecule has 0 aliphatic carbocycles. The number of nitrogens with one attached hydrogen (secondary N) is 1. The molecule has 0 radical (unpaired) electrons. The molecule has 11 heteroatoms. The van der Waals surface area contributed by atoms with Gasteiger partial charge in [0.15, 0.2) is 12.4 Å². The second-order valence-electron chi connectivity index (χ2n) is 24.6. The standard InChI is InChI=1S/C78H133NO10/c1-4-7-10-13-16-19-22-25-27-29-31-33-35-37-38-40-42-44-47-50-53-56-59-62-65-71(82)77(86)79-69(70(81)64-61-58-55-52-49-46-24-21-18-15-12-9-6-3)68-87-78-76(75(85)74(84)72(67-80)88-78)89-73(83)66-63-60-57-54-51-48-45-43-41-39-36-34-32-30-28-26-23-20-17-14-11-8-5-2/h8,11,16-17,19-20,25-28,31-34,39,41,45,48,61,64,69-72,74-76,78,80-82,84-85H,4-7,9-10,12-15,18,21-24,29-30,35-38,40,42-44,46-47,49-60,62-63,65-68H2,1-3H3,(H,79,86)/b11-8-,19-16-,20-17-,27-25-,28-26-,33-31-,34-32-,41-39-,48-45-,64-61+. The maximum absolute atomic E-state index is 13.5. The highest BCUT2D eigenvalue weighted by molar-refractivity contribution is 5.80. The molecular weight excluding hydrogens is 1110 g/mol. The van der Waals surface area contributed by atoms with Crippen molar-refractivity contribution in [3.8, 4) is 0 Å². The van der Waals surface area contributed by atoms with Gasteiger partial charge in [-0.25, -0.2) is 0 Å². The predicted molar refractivity (Wildman–Crippen MR) is 374 cm³/mol. The number of amides is 1. The molecule has 1 saturated heterocycles. The van der Waals surface area contributed by atoms with E-state index in [1.54, 1.807) is 6.08 Å². The van der Waals surface area contributed by atoms with Crippen molar-refractivity contribution in [2.75, 3.05) is 13.2 Å². The van der Waals surface area contributed by atoms with Crippen molar-refractivity contribution in [1.29, 1.82) is 0 Å². The molecule has 0 bridgehead atoms. The van der Waals surface area contributed by atoms with E-state index in [9.17, 15) is 35.1 Å². The summed E-state index contributed by atoms with van der Waals surface area (Å²) in [6.07, 6.45) is 79.4. The summed E-state index contributed by atoms with van der Waals surface area (Å²) in [7, 11) is 0. The minimum atomic E-state index is -1.63. The van der Waals surface area contributed by atoms with Gasteiger partial charge in [-0.3, -0.25) is 9.59 Å². The van der Waals surface area contributed by atoms with E-state index in [0.717, 1.165) is 122 Å². The Hall–Kier alpha value is -3.94. The van der Waals surface area contributed by atoms with Crippen molar-refractivity contribution >= 4 is 11.9 Å². The van der Waals surface area contributed by atoms with Gasteiger partial charge in [0.2, 0.25) is 5.91 Å². The van der Waals surface area contributed by atoms with Crippen molar-refractivity contribution in [1.82, 2.24) is 5.32 Å². The van der Waals surface area contributed by atoms with E-state index in [1.807, 2.05) is 6.08 Å². The Morgan fingerprint density at radius 3 is 1.24 bits per heavy atom. The molecular formula is C78H133NO10. The Morgan fingerprint density at radius 1 is 0.449 bits per heavy atom. The van der Waals surface area contributed by atoms with Crippen LogP contribution >= 0.6 is 0 Å². The number of rotatable bonds is 61. The van der Waals surface area contributed by atoms with Crippen LogP contribution in [0.4, 0.5) is 0 Å². The molecule has 0 aromatic heterocycles. The molecule has 6 N–H and O–H groups in total. The van der Waals surface area contributed by atoms with E-state index in [4.69, 9.17) is 14.2 Å². The van der Waals surface area contributed by atoms with Crippen LogP contribution in [-0.4, -0.2) is 99.6 Å². The van der Waals surface area contributed by atoms with Gasteiger partial charge in [0.05, 0.1) is 25.4 Å². The molecule has 1 amide bonds. The van der Waals surface area contributed by atoms with Crippen LogP contribution in [0.25, 0.3) is 0 Å². The van der Waals surface area contributed by atoms with Gasteiger partial charge in [0.1, 0.15) is 24.4 Å². The Labute approximate surface area is 544 Å². The van der Waals surface area contributed by atoms with Gasteiger partial charge in [0.25, 0.3) is 0 Å². The fraction of sp³-hybridized carbons (Fsp3) is 0.718. The van der Waals surface area contributed by atoms with Crippen molar-refractivity contribution in [3.63, 3.8) is 0 Å². The van der Waals surface area contributed by atoms with Crippen LogP contribution in [-0.2, 0) is 23.8 Å². The lowest BCUT2D eigenvalue weighted by molar-refractivity contribution is -0.305. The zero-order valence-electron chi connectivity index (χ0n) is 56.8. The van der Waals surface area contributed by atoms with Crippen molar-refractivity contribution in [2.24, 2.45) is 0 Å². The molecule has 0 aromatic rings. The predicted octanol–water partition coefficient (Wildman–Crippen LogP) is 19.0. The molecule has 11 nitrogen and oxygen atoms in total. The summed E-state index contributed by atoms with van der Waals surface area (Å²) in [5, 5.41) is 57.3. The highest BCUT2D eigenvalue weighted by atomic mass is 16.7. The average molecular weight is 1240 g/mol. The molecule has 89 heavy (non-hydrogen) atoms. The van der Waals surface area contributed by atoms with Gasteiger partial charge < -0.3 is 45.1 Å². The Morgan fingerprint density at radius 2 is 0.809 bits per heavy atom. The Kier molecular flexibility index (Phi) is 59.9. The highest BCUT2D eigenvalue weighted by Crippen LogP contribution is 2.26. The van der Waals surface area contributed by atoms with Crippen LogP contribution in [0.2, 0.25) is 0 Å². The van der Waals surface area contributed by atoms with Gasteiger partial charge in [-0.15, -0.1) is 0 Å². The number of hydrogen-bond donors (Lipinski definition) is 6. The lowest BCUT2D eigenvalue weighted by atomic mass is 9.99. The first-order valence-electron chi connectivity index (χ1n) is 36.3. The molecule has 8 atom stereocenters. The van der Waals surface area contributed by atoms with Crippen molar-refractivity contribution < 1.29 is 49.3 Å². The molecule has 510 valence electrons. The summed E-state index contributed by atoms with van der Waals surface area (Å²) in [5.74, 6) is -1.22. The monoisotopic (exact) mass is 1240 g/mol. The molecule has 1 rings (SSSR count). The van der Waals surface area contributed by atoms with Crippen LogP contribution in [0.1, 0.15) is 297 Å². The minimum absolute atomic E-state index is 0.0877. The maximum Gasteiger partial charge on any atom is 0.306 e. The van der Waals surface area contributed by atoms with Crippen molar-refractivity contribution in [2.45, 2.75) is 346 Å². The zero-order valence-corrected chi connectivity index (χ0v) is 56.8. The molecule has 1 aliphatic heterocycles. The summed E-state index contributed by atoms with van der Waals surface area (Å²) >= 11 is 0. The fourth-order valence-electron chi connectivity index (χ4n) is 10.7. The molecule has 0 saturated carbocycles. The summed E-state index contributed by atoms with van der Waals surface area (Å²) < 4.78 is 17.7. The molecule has 8 unspecified atom stereocenters.